The van der Waals surface area contributed by atoms with E-state index in [9.17, 15) is 15.0 Å². The summed E-state index contributed by atoms with van der Waals surface area (Å²) >= 11 is 0. The Kier molecular flexibility index (Phi) is 4.28. The Labute approximate surface area is 144 Å². The molecule has 0 amide bonds. The Morgan fingerprint density at radius 2 is 1.64 bits per heavy atom. The summed E-state index contributed by atoms with van der Waals surface area (Å²) < 4.78 is 21.5. The van der Waals surface area contributed by atoms with Crippen molar-refractivity contribution in [1.29, 1.82) is 0 Å². The Morgan fingerprint density at radius 3 is 2.20 bits per heavy atom. The fourth-order valence-corrected chi connectivity index (χ4v) is 2.88. The molecule has 0 spiro atoms. The van der Waals surface area contributed by atoms with Gasteiger partial charge in [-0.2, -0.15) is 0 Å². The van der Waals surface area contributed by atoms with E-state index in [1.165, 1.54) is 27.4 Å². The summed E-state index contributed by atoms with van der Waals surface area (Å²) in [5.74, 6) is -3.12. The van der Waals surface area contributed by atoms with Gasteiger partial charge in [0.05, 0.1) is 21.3 Å². The first-order valence-corrected chi connectivity index (χ1v) is 7.49. The van der Waals surface area contributed by atoms with Crippen molar-refractivity contribution in [2.45, 2.75) is 11.9 Å². The maximum absolute atomic E-state index is 12.8. The van der Waals surface area contributed by atoms with Gasteiger partial charge in [-0.25, -0.2) is 0 Å². The van der Waals surface area contributed by atoms with Gasteiger partial charge in [-0.05, 0) is 5.56 Å². The van der Waals surface area contributed by atoms with Crippen molar-refractivity contribution < 1.29 is 34.0 Å². The molecule has 7 heteroatoms. The Hall–Kier alpha value is -2.77. The number of rotatable bonds is 4. The molecular formula is C18H18O7. The largest absolute Gasteiger partial charge is 0.493 e. The van der Waals surface area contributed by atoms with Gasteiger partial charge in [0.15, 0.2) is 17.6 Å². The summed E-state index contributed by atoms with van der Waals surface area (Å²) in [6, 6.07) is 9.94. The third-order valence-corrected chi connectivity index (χ3v) is 4.07. The minimum atomic E-state index is -2.76. The summed E-state index contributed by atoms with van der Waals surface area (Å²) in [5.41, 5.74) is 0.331. The topological polar surface area (TPSA) is 94.5 Å². The van der Waals surface area contributed by atoms with Gasteiger partial charge in [0.25, 0.3) is 5.79 Å². The third-order valence-electron chi connectivity index (χ3n) is 4.07. The number of benzene rings is 2. The predicted octanol–water partition coefficient (Wildman–Crippen LogP) is 1.71. The molecule has 0 saturated heterocycles. The standard InChI is InChI=1S/C18H18O7/c1-22-12-9-11-13(15(24-3)14(12)23-2)16(19)18(20,21)17(25-11)10-7-5-4-6-8-10/h4-9,17,20-21H,1-3H3. The van der Waals surface area contributed by atoms with Crippen LogP contribution in [-0.4, -0.2) is 43.1 Å². The van der Waals surface area contributed by atoms with E-state index < -0.39 is 17.7 Å². The number of hydrogen-bond donors (Lipinski definition) is 2. The molecule has 3 rings (SSSR count). The van der Waals surface area contributed by atoms with Gasteiger partial charge < -0.3 is 29.2 Å². The summed E-state index contributed by atoms with van der Waals surface area (Å²) in [6.45, 7) is 0. The molecule has 0 aliphatic carbocycles. The molecule has 1 unspecified atom stereocenters. The molecule has 1 atom stereocenters. The van der Waals surface area contributed by atoms with E-state index in [0.29, 0.717) is 11.3 Å². The van der Waals surface area contributed by atoms with Crippen LogP contribution in [0.2, 0.25) is 0 Å². The highest BCUT2D eigenvalue weighted by atomic mass is 16.6. The zero-order valence-corrected chi connectivity index (χ0v) is 14.0. The highest BCUT2D eigenvalue weighted by Gasteiger charge is 2.52. The molecule has 132 valence electrons. The summed E-state index contributed by atoms with van der Waals surface area (Å²) in [6.07, 6.45) is -1.29. The average molecular weight is 346 g/mol. The quantitative estimate of drug-likeness (QED) is 0.814. The van der Waals surface area contributed by atoms with Crippen LogP contribution < -0.4 is 18.9 Å². The van der Waals surface area contributed by atoms with E-state index in [0.717, 1.165) is 0 Å². The number of fused-ring (bicyclic) bond motifs is 1. The Morgan fingerprint density at radius 1 is 1.00 bits per heavy atom. The number of hydrogen-bond acceptors (Lipinski definition) is 7. The molecule has 1 aliphatic rings. The first kappa shape index (κ1) is 17.1. The van der Waals surface area contributed by atoms with Crippen molar-refractivity contribution in [2.24, 2.45) is 0 Å². The highest BCUT2D eigenvalue weighted by Crippen LogP contribution is 2.50. The fourth-order valence-electron chi connectivity index (χ4n) is 2.88. The lowest BCUT2D eigenvalue weighted by molar-refractivity contribution is -0.186. The van der Waals surface area contributed by atoms with E-state index >= 15 is 0 Å². The minimum Gasteiger partial charge on any atom is -0.493 e. The molecule has 25 heavy (non-hydrogen) atoms. The van der Waals surface area contributed by atoms with Crippen LogP contribution in [0.5, 0.6) is 23.0 Å². The number of carbonyl (C=O) groups excluding carboxylic acids is 1. The van der Waals surface area contributed by atoms with Gasteiger partial charge in [0.2, 0.25) is 11.5 Å². The van der Waals surface area contributed by atoms with Crippen molar-refractivity contribution in [2.75, 3.05) is 21.3 Å². The van der Waals surface area contributed by atoms with E-state index in [1.807, 2.05) is 0 Å². The zero-order chi connectivity index (χ0) is 18.2. The lowest BCUT2D eigenvalue weighted by Crippen LogP contribution is -2.49. The molecule has 2 aromatic carbocycles. The number of ether oxygens (including phenoxy) is 4. The molecular weight excluding hydrogens is 328 g/mol. The van der Waals surface area contributed by atoms with Crippen molar-refractivity contribution in [3.05, 3.63) is 47.5 Å². The van der Waals surface area contributed by atoms with Crippen molar-refractivity contribution in [3.63, 3.8) is 0 Å². The first-order valence-electron chi connectivity index (χ1n) is 7.49. The van der Waals surface area contributed by atoms with Crippen LogP contribution in [-0.2, 0) is 0 Å². The van der Waals surface area contributed by atoms with Crippen molar-refractivity contribution >= 4 is 5.78 Å². The smallest absolute Gasteiger partial charge is 0.271 e. The maximum Gasteiger partial charge on any atom is 0.271 e. The van der Waals surface area contributed by atoms with Crippen LogP contribution in [0.1, 0.15) is 22.0 Å². The van der Waals surface area contributed by atoms with Crippen LogP contribution in [0.25, 0.3) is 0 Å². The van der Waals surface area contributed by atoms with Gasteiger partial charge in [0.1, 0.15) is 11.3 Å². The molecule has 2 aromatic rings. The molecule has 0 saturated carbocycles. The van der Waals surface area contributed by atoms with Crippen LogP contribution in [0.4, 0.5) is 0 Å². The zero-order valence-electron chi connectivity index (χ0n) is 14.0. The number of Topliss-reactive ketones (excluding diaryl/α,β-unsaturated/α-hetero) is 1. The van der Waals surface area contributed by atoms with E-state index in [1.54, 1.807) is 30.3 Å². The average Bonchev–Trinajstić information content (AvgIpc) is 2.63. The van der Waals surface area contributed by atoms with Crippen LogP contribution in [0.3, 0.4) is 0 Å². The van der Waals surface area contributed by atoms with E-state index in [-0.39, 0.29) is 22.8 Å². The number of methoxy groups -OCH3 is 3. The predicted molar refractivity (Wildman–Crippen MR) is 87.4 cm³/mol. The lowest BCUT2D eigenvalue weighted by Gasteiger charge is -2.36. The van der Waals surface area contributed by atoms with E-state index in [2.05, 4.69) is 0 Å². The Balaban J connectivity index is 2.22. The van der Waals surface area contributed by atoms with Gasteiger partial charge in [0, 0.05) is 6.07 Å². The first-order chi connectivity index (χ1) is 12.0. The molecule has 0 fully saturated rings. The second-order valence-electron chi connectivity index (χ2n) is 5.48. The third kappa shape index (κ3) is 2.57. The van der Waals surface area contributed by atoms with Crippen LogP contribution in [0.15, 0.2) is 36.4 Å². The molecule has 1 aliphatic heterocycles. The van der Waals surface area contributed by atoms with Gasteiger partial charge in [-0.3, -0.25) is 4.79 Å². The molecule has 7 nitrogen and oxygen atoms in total. The van der Waals surface area contributed by atoms with Gasteiger partial charge in [-0.1, -0.05) is 30.3 Å². The van der Waals surface area contributed by atoms with E-state index in [4.69, 9.17) is 18.9 Å². The number of ketones is 1. The molecule has 1 heterocycles. The van der Waals surface area contributed by atoms with Crippen LogP contribution in [0, 0.1) is 0 Å². The summed E-state index contributed by atoms with van der Waals surface area (Å²) in [5, 5.41) is 20.9. The monoisotopic (exact) mass is 346 g/mol. The Bertz CT molecular complexity index is 799. The van der Waals surface area contributed by atoms with Crippen molar-refractivity contribution in [3.8, 4) is 23.0 Å². The second kappa shape index (κ2) is 6.27. The summed E-state index contributed by atoms with van der Waals surface area (Å²) in [7, 11) is 4.16. The molecule has 2 N–H and O–H groups in total. The van der Waals surface area contributed by atoms with Crippen LogP contribution >= 0.6 is 0 Å². The normalized spacial score (nSPS) is 18.1. The highest BCUT2D eigenvalue weighted by molar-refractivity contribution is 6.08. The lowest BCUT2D eigenvalue weighted by atomic mass is 9.89. The number of aliphatic hydroxyl groups is 2. The minimum absolute atomic E-state index is 0.0147. The molecule has 0 bridgehead atoms. The van der Waals surface area contributed by atoms with Gasteiger partial charge in [-0.15, -0.1) is 0 Å². The molecule has 0 radical (unpaired) electrons. The second-order valence-corrected chi connectivity index (χ2v) is 5.48. The molecule has 0 aromatic heterocycles. The van der Waals surface area contributed by atoms with Crippen molar-refractivity contribution in [1.82, 2.24) is 0 Å². The fraction of sp³-hybridized carbons (Fsp3) is 0.278. The maximum atomic E-state index is 12.8. The number of carbonyl (C=O) groups is 1. The summed E-state index contributed by atoms with van der Waals surface area (Å²) in [4.78, 5) is 12.8. The SMILES string of the molecule is COc1cc2c(c(OC)c1OC)C(=O)C(O)(O)C(c1ccccc1)O2. The van der Waals surface area contributed by atoms with Gasteiger partial charge >= 0.3 is 0 Å².